The van der Waals surface area contributed by atoms with E-state index in [1.165, 1.54) is 12.2 Å². The van der Waals surface area contributed by atoms with Gasteiger partial charge in [-0.2, -0.15) is 0 Å². The molecule has 0 amide bonds. The molecule has 0 bridgehead atoms. The minimum Gasteiger partial charge on any atom is -0.384 e. The molecule has 50 valence electrons. The van der Waals surface area contributed by atoms with Gasteiger partial charge in [0, 0.05) is 0 Å². The van der Waals surface area contributed by atoms with Crippen LogP contribution in [0.1, 0.15) is 0 Å². The van der Waals surface area contributed by atoms with E-state index in [0.717, 1.165) is 6.08 Å². The van der Waals surface area contributed by atoms with Crippen molar-refractivity contribution in [2.45, 2.75) is 11.2 Å². The Balaban J connectivity index is 2.78. The number of alkyl halides is 2. The molecule has 0 aromatic rings. The van der Waals surface area contributed by atoms with Crippen LogP contribution >= 0.6 is 11.6 Å². The van der Waals surface area contributed by atoms with E-state index in [1.807, 2.05) is 0 Å². The highest BCUT2D eigenvalue weighted by Gasteiger charge is 2.31. The summed E-state index contributed by atoms with van der Waals surface area (Å²) in [6, 6.07) is 0. The highest BCUT2D eigenvalue weighted by molar-refractivity contribution is 6.24. The molecule has 0 aromatic heterocycles. The average molecular weight is 149 g/mol. The van der Waals surface area contributed by atoms with Crippen LogP contribution in [0.2, 0.25) is 0 Å². The van der Waals surface area contributed by atoms with Gasteiger partial charge < -0.3 is 5.11 Å². The second-order valence-electron chi connectivity index (χ2n) is 1.86. The van der Waals surface area contributed by atoms with Crippen LogP contribution in [-0.2, 0) is 0 Å². The zero-order chi connectivity index (χ0) is 6.91. The van der Waals surface area contributed by atoms with Crippen molar-refractivity contribution >= 4 is 11.6 Å². The second-order valence-corrected chi connectivity index (χ2v) is 2.44. The van der Waals surface area contributed by atoms with Crippen LogP contribution in [0.3, 0.4) is 0 Å². The topological polar surface area (TPSA) is 20.2 Å². The third-order valence-electron chi connectivity index (χ3n) is 1.12. The maximum absolute atomic E-state index is 12.6. The third kappa shape index (κ3) is 1.32. The number of aliphatic hydroxyl groups is 1. The van der Waals surface area contributed by atoms with Crippen LogP contribution in [0.4, 0.5) is 4.39 Å². The number of halogens is 2. The van der Waals surface area contributed by atoms with Crippen LogP contribution < -0.4 is 0 Å². The fraction of sp³-hybridized carbons (Fsp3) is 0.333. The maximum atomic E-state index is 12.6. The lowest BCUT2D eigenvalue weighted by atomic mass is 10.1. The molecule has 0 fully saturated rings. The molecule has 1 N–H and O–H groups in total. The second kappa shape index (κ2) is 2.12. The molecular weight excluding hydrogens is 143 g/mol. The Bertz CT molecular complexity index is 162. The summed E-state index contributed by atoms with van der Waals surface area (Å²) in [6.45, 7) is 0. The predicted molar refractivity (Wildman–Crippen MR) is 34.0 cm³/mol. The van der Waals surface area contributed by atoms with Gasteiger partial charge in [0.05, 0.1) is 0 Å². The summed E-state index contributed by atoms with van der Waals surface area (Å²) < 4.78 is 12.6. The van der Waals surface area contributed by atoms with Crippen LogP contribution in [-0.4, -0.2) is 16.3 Å². The Hall–Kier alpha value is -0.340. The molecule has 0 aromatic carbocycles. The highest BCUT2D eigenvalue weighted by atomic mass is 35.5. The summed E-state index contributed by atoms with van der Waals surface area (Å²) in [7, 11) is 0. The van der Waals surface area contributed by atoms with Gasteiger partial charge in [0.2, 0.25) is 5.13 Å². The zero-order valence-corrected chi connectivity index (χ0v) is 5.35. The first-order valence-corrected chi connectivity index (χ1v) is 2.92. The fourth-order valence-electron chi connectivity index (χ4n) is 0.580. The minimum absolute atomic E-state index is 1.11. The van der Waals surface area contributed by atoms with Gasteiger partial charge in [0.25, 0.3) is 0 Å². The number of hydrogen-bond acceptors (Lipinski definition) is 1. The summed E-state index contributed by atoms with van der Waals surface area (Å²) in [4.78, 5) is 0. The molecule has 0 saturated heterocycles. The summed E-state index contributed by atoms with van der Waals surface area (Å²) >= 11 is 5.17. The van der Waals surface area contributed by atoms with Crippen molar-refractivity contribution < 1.29 is 9.50 Å². The van der Waals surface area contributed by atoms with Crippen LogP contribution in [0.5, 0.6) is 0 Å². The predicted octanol–water partition coefficient (Wildman–Crippen LogP) is 1.38. The van der Waals surface area contributed by atoms with Crippen molar-refractivity contribution in [3.63, 3.8) is 0 Å². The Labute approximate surface area is 57.4 Å². The number of rotatable bonds is 0. The summed E-state index contributed by atoms with van der Waals surface area (Å²) in [5.74, 6) is 0. The lowest BCUT2D eigenvalue weighted by Crippen LogP contribution is -2.29. The first-order chi connectivity index (χ1) is 4.13. The van der Waals surface area contributed by atoms with Gasteiger partial charge in [-0.05, 0) is 6.08 Å². The van der Waals surface area contributed by atoms with Gasteiger partial charge in [-0.25, -0.2) is 4.39 Å². The summed E-state index contributed by atoms with van der Waals surface area (Å²) in [6.07, 6.45) is 4.20. The van der Waals surface area contributed by atoms with Gasteiger partial charge in [-0.3, -0.25) is 0 Å². The van der Waals surface area contributed by atoms with Gasteiger partial charge in [0.1, 0.15) is 6.10 Å². The molecule has 9 heavy (non-hydrogen) atoms. The van der Waals surface area contributed by atoms with Crippen molar-refractivity contribution in [2.24, 2.45) is 0 Å². The van der Waals surface area contributed by atoms with E-state index in [4.69, 9.17) is 16.7 Å². The lowest BCUT2D eigenvalue weighted by molar-refractivity contribution is 0.116. The molecule has 0 saturated carbocycles. The number of hydrogen-bond donors (Lipinski definition) is 1. The lowest BCUT2D eigenvalue weighted by Gasteiger charge is -2.19. The molecular formula is C6H6ClFO. The van der Waals surface area contributed by atoms with Crippen molar-refractivity contribution in [3.05, 3.63) is 24.3 Å². The van der Waals surface area contributed by atoms with E-state index in [9.17, 15) is 4.39 Å². The fourth-order valence-corrected chi connectivity index (χ4v) is 0.726. The van der Waals surface area contributed by atoms with Gasteiger partial charge in [0.15, 0.2) is 0 Å². The molecule has 0 radical (unpaired) electrons. The monoisotopic (exact) mass is 148 g/mol. The Morgan fingerprint density at radius 1 is 1.56 bits per heavy atom. The molecule has 1 aliphatic rings. The van der Waals surface area contributed by atoms with E-state index in [2.05, 4.69) is 0 Å². The van der Waals surface area contributed by atoms with Crippen LogP contribution in [0.25, 0.3) is 0 Å². The highest BCUT2D eigenvalue weighted by Crippen LogP contribution is 2.26. The Morgan fingerprint density at radius 3 is 2.56 bits per heavy atom. The average Bonchev–Trinajstić information content (AvgIpc) is 1.77. The molecule has 1 nitrogen and oxygen atoms in total. The van der Waals surface area contributed by atoms with Crippen LogP contribution in [0.15, 0.2) is 24.3 Å². The first-order valence-electron chi connectivity index (χ1n) is 2.55. The van der Waals surface area contributed by atoms with E-state index in [1.54, 1.807) is 6.08 Å². The summed E-state index contributed by atoms with van der Waals surface area (Å²) in [5.41, 5.74) is 0. The molecule has 1 rings (SSSR count). The molecule has 2 atom stereocenters. The third-order valence-corrected chi connectivity index (χ3v) is 1.47. The molecule has 0 aliphatic heterocycles. The van der Waals surface area contributed by atoms with Gasteiger partial charge >= 0.3 is 0 Å². The summed E-state index contributed by atoms with van der Waals surface area (Å²) in [5, 5.41) is 6.69. The SMILES string of the molecule is OC1C=CC=CC1(F)Cl. The Morgan fingerprint density at radius 2 is 2.22 bits per heavy atom. The molecule has 1 aliphatic carbocycles. The molecule has 0 spiro atoms. The first kappa shape index (κ1) is 6.78. The van der Waals surface area contributed by atoms with Crippen molar-refractivity contribution in [2.75, 3.05) is 0 Å². The van der Waals surface area contributed by atoms with Crippen LogP contribution in [0, 0.1) is 0 Å². The normalized spacial score (nSPS) is 41.4. The molecule has 2 unspecified atom stereocenters. The standard InChI is InChI=1S/C6H6ClFO/c7-6(8)4-2-1-3-5(6)9/h1-5,9H. The zero-order valence-electron chi connectivity index (χ0n) is 4.59. The van der Waals surface area contributed by atoms with E-state index in [0.29, 0.717) is 0 Å². The quantitative estimate of drug-likeness (QED) is 0.515. The van der Waals surface area contributed by atoms with Gasteiger partial charge in [-0.1, -0.05) is 29.8 Å². The van der Waals surface area contributed by atoms with Gasteiger partial charge in [-0.15, -0.1) is 0 Å². The van der Waals surface area contributed by atoms with Crippen molar-refractivity contribution in [1.29, 1.82) is 0 Å². The van der Waals surface area contributed by atoms with Crippen molar-refractivity contribution in [3.8, 4) is 0 Å². The van der Waals surface area contributed by atoms with E-state index >= 15 is 0 Å². The number of aliphatic hydroxyl groups excluding tert-OH is 1. The van der Waals surface area contributed by atoms with E-state index in [-0.39, 0.29) is 0 Å². The Kier molecular flexibility index (Phi) is 1.60. The number of allylic oxidation sites excluding steroid dienone is 2. The molecule has 3 heteroatoms. The van der Waals surface area contributed by atoms with E-state index < -0.39 is 11.2 Å². The van der Waals surface area contributed by atoms with Crippen molar-refractivity contribution in [1.82, 2.24) is 0 Å². The largest absolute Gasteiger partial charge is 0.384 e. The smallest absolute Gasteiger partial charge is 0.231 e. The molecule has 0 heterocycles. The maximum Gasteiger partial charge on any atom is 0.231 e. The minimum atomic E-state index is -2.10.